The van der Waals surface area contributed by atoms with E-state index in [1.54, 1.807) is 12.1 Å². The molecule has 2 N–H and O–H groups in total. The van der Waals surface area contributed by atoms with Gasteiger partial charge in [0.15, 0.2) is 0 Å². The highest BCUT2D eigenvalue weighted by molar-refractivity contribution is 6.32. The van der Waals surface area contributed by atoms with Crippen molar-refractivity contribution in [2.75, 3.05) is 7.11 Å². The lowest BCUT2D eigenvalue weighted by Crippen LogP contribution is -2.43. The van der Waals surface area contributed by atoms with E-state index in [-0.39, 0.29) is 16.3 Å². The number of amides is 1. The second-order valence-electron chi connectivity index (χ2n) is 6.00. The predicted molar refractivity (Wildman–Crippen MR) is 96.6 cm³/mol. The van der Waals surface area contributed by atoms with Gasteiger partial charge in [0.25, 0.3) is 5.91 Å². The zero-order valence-electron chi connectivity index (χ0n) is 14.0. The summed E-state index contributed by atoms with van der Waals surface area (Å²) in [6.45, 7) is 0. The number of halogens is 3. The SMILES string of the molecule is COc1ccc(Oc2cc(F)c(C(=O)NC3(C(=O)O)CC3)cc2Cl)cc1Cl. The molecule has 0 radical (unpaired) electrons. The van der Waals surface area contributed by atoms with Crippen molar-refractivity contribution in [2.24, 2.45) is 0 Å². The lowest BCUT2D eigenvalue weighted by Gasteiger charge is -2.14. The van der Waals surface area contributed by atoms with Crippen LogP contribution in [0.2, 0.25) is 10.0 Å². The van der Waals surface area contributed by atoms with Gasteiger partial charge in [0.05, 0.1) is 22.7 Å². The van der Waals surface area contributed by atoms with Gasteiger partial charge in [0, 0.05) is 12.1 Å². The topological polar surface area (TPSA) is 84.9 Å². The molecule has 27 heavy (non-hydrogen) atoms. The second kappa shape index (κ2) is 7.25. The van der Waals surface area contributed by atoms with Gasteiger partial charge in [-0.2, -0.15) is 0 Å². The Morgan fingerprint density at radius 3 is 2.37 bits per heavy atom. The molecule has 0 unspecified atom stereocenters. The van der Waals surface area contributed by atoms with Crippen molar-refractivity contribution < 1.29 is 28.6 Å². The number of ether oxygens (including phenoxy) is 2. The standard InChI is InChI=1S/C18H14Cl2FNO5/c1-26-14-3-2-9(6-11(14)19)27-15-8-13(21)10(7-12(15)20)16(23)22-18(4-5-18)17(24)25/h2-3,6-8H,4-5H2,1H3,(H,22,23)(H,24,25). The fourth-order valence-corrected chi connectivity index (χ4v) is 2.87. The van der Waals surface area contributed by atoms with E-state index in [1.807, 2.05) is 0 Å². The normalized spacial score (nSPS) is 14.4. The van der Waals surface area contributed by atoms with Crippen LogP contribution in [0.3, 0.4) is 0 Å². The molecule has 2 aromatic carbocycles. The van der Waals surface area contributed by atoms with Crippen LogP contribution < -0.4 is 14.8 Å². The number of hydrogen-bond donors (Lipinski definition) is 2. The van der Waals surface area contributed by atoms with Crippen LogP contribution in [0.1, 0.15) is 23.2 Å². The van der Waals surface area contributed by atoms with Crippen molar-refractivity contribution in [3.63, 3.8) is 0 Å². The third kappa shape index (κ3) is 3.94. The molecule has 1 aliphatic rings. The number of carbonyl (C=O) groups is 2. The molecule has 0 aromatic heterocycles. The molecule has 142 valence electrons. The highest BCUT2D eigenvalue weighted by atomic mass is 35.5. The summed E-state index contributed by atoms with van der Waals surface area (Å²) < 4.78 is 24.9. The van der Waals surface area contributed by atoms with Crippen LogP contribution in [0.25, 0.3) is 0 Å². The van der Waals surface area contributed by atoms with Crippen molar-refractivity contribution in [2.45, 2.75) is 18.4 Å². The Kier molecular flexibility index (Phi) is 5.17. The molecule has 2 aromatic rings. The number of methoxy groups -OCH3 is 1. The molecule has 3 rings (SSSR count). The minimum Gasteiger partial charge on any atom is -0.495 e. The Bertz CT molecular complexity index is 930. The van der Waals surface area contributed by atoms with Crippen LogP contribution in [0.5, 0.6) is 17.2 Å². The van der Waals surface area contributed by atoms with E-state index < -0.39 is 23.2 Å². The molecule has 1 aliphatic carbocycles. The predicted octanol–water partition coefficient (Wildman–Crippen LogP) is 4.28. The molecular formula is C18H14Cl2FNO5. The Morgan fingerprint density at radius 2 is 1.81 bits per heavy atom. The lowest BCUT2D eigenvalue weighted by molar-refractivity contribution is -0.140. The molecule has 0 saturated heterocycles. The van der Waals surface area contributed by atoms with E-state index in [0.717, 1.165) is 12.1 Å². The maximum atomic E-state index is 14.4. The van der Waals surface area contributed by atoms with Gasteiger partial charge in [0.1, 0.15) is 28.6 Å². The van der Waals surface area contributed by atoms with E-state index in [0.29, 0.717) is 29.4 Å². The summed E-state index contributed by atoms with van der Waals surface area (Å²) in [5.41, 5.74) is -1.70. The van der Waals surface area contributed by atoms with Crippen LogP contribution in [0.15, 0.2) is 30.3 Å². The quantitative estimate of drug-likeness (QED) is 0.737. The smallest absolute Gasteiger partial charge is 0.329 e. The summed E-state index contributed by atoms with van der Waals surface area (Å²) in [7, 11) is 1.47. The Hall–Kier alpha value is -2.51. The van der Waals surface area contributed by atoms with Crippen LogP contribution in [-0.4, -0.2) is 29.6 Å². The van der Waals surface area contributed by atoms with Crippen molar-refractivity contribution >= 4 is 35.1 Å². The van der Waals surface area contributed by atoms with Gasteiger partial charge in [-0.25, -0.2) is 9.18 Å². The highest BCUT2D eigenvalue weighted by Gasteiger charge is 2.51. The average Bonchev–Trinajstić information content (AvgIpc) is 3.39. The summed E-state index contributed by atoms with van der Waals surface area (Å²) in [5.74, 6) is -2.19. The Morgan fingerprint density at radius 1 is 1.15 bits per heavy atom. The molecule has 9 heteroatoms. The Balaban J connectivity index is 1.81. The number of carbonyl (C=O) groups excluding carboxylic acids is 1. The average molecular weight is 414 g/mol. The van der Waals surface area contributed by atoms with Crippen molar-refractivity contribution in [3.8, 4) is 17.2 Å². The van der Waals surface area contributed by atoms with Gasteiger partial charge in [0.2, 0.25) is 0 Å². The van der Waals surface area contributed by atoms with Crippen LogP contribution in [-0.2, 0) is 4.79 Å². The van der Waals surface area contributed by atoms with Crippen molar-refractivity contribution in [1.82, 2.24) is 5.32 Å². The van der Waals surface area contributed by atoms with Gasteiger partial charge < -0.3 is 19.9 Å². The van der Waals surface area contributed by atoms with Crippen molar-refractivity contribution in [1.29, 1.82) is 0 Å². The first-order valence-corrected chi connectivity index (χ1v) is 8.58. The largest absolute Gasteiger partial charge is 0.495 e. The molecular weight excluding hydrogens is 400 g/mol. The molecule has 0 spiro atoms. The van der Waals surface area contributed by atoms with Crippen LogP contribution >= 0.6 is 23.2 Å². The monoisotopic (exact) mass is 413 g/mol. The van der Waals surface area contributed by atoms with Crippen LogP contribution in [0, 0.1) is 5.82 Å². The fourth-order valence-electron chi connectivity index (χ4n) is 2.42. The zero-order chi connectivity index (χ0) is 19.8. The van der Waals surface area contributed by atoms with E-state index >= 15 is 0 Å². The third-order valence-electron chi connectivity index (χ3n) is 4.13. The molecule has 0 aliphatic heterocycles. The minimum atomic E-state index is -1.33. The maximum Gasteiger partial charge on any atom is 0.329 e. The summed E-state index contributed by atoms with van der Waals surface area (Å²) in [4.78, 5) is 23.4. The molecule has 1 saturated carbocycles. The Labute approximate surface area is 163 Å². The van der Waals surface area contributed by atoms with Gasteiger partial charge >= 0.3 is 5.97 Å². The van der Waals surface area contributed by atoms with E-state index in [9.17, 15) is 14.0 Å². The fraction of sp³-hybridized carbons (Fsp3) is 0.222. The first-order chi connectivity index (χ1) is 12.8. The maximum absolute atomic E-state index is 14.4. The van der Waals surface area contributed by atoms with E-state index in [2.05, 4.69) is 5.32 Å². The number of rotatable bonds is 6. The van der Waals surface area contributed by atoms with E-state index in [4.69, 9.17) is 37.8 Å². The highest BCUT2D eigenvalue weighted by Crippen LogP contribution is 2.37. The molecule has 0 atom stereocenters. The van der Waals surface area contributed by atoms with Gasteiger partial charge in [-0.1, -0.05) is 23.2 Å². The number of aliphatic carboxylic acids is 1. The zero-order valence-corrected chi connectivity index (χ0v) is 15.5. The number of hydrogen-bond acceptors (Lipinski definition) is 4. The van der Waals surface area contributed by atoms with Gasteiger partial charge in [-0.3, -0.25) is 4.79 Å². The number of carboxylic acid groups (broad SMARTS) is 1. The molecule has 1 amide bonds. The molecule has 6 nitrogen and oxygen atoms in total. The molecule has 0 heterocycles. The van der Waals surface area contributed by atoms with Gasteiger partial charge in [-0.05, 0) is 31.0 Å². The lowest BCUT2D eigenvalue weighted by atomic mass is 10.1. The number of nitrogens with one attached hydrogen (secondary N) is 1. The summed E-state index contributed by atoms with van der Waals surface area (Å²) in [6, 6.07) is 6.65. The first-order valence-electron chi connectivity index (χ1n) is 7.82. The minimum absolute atomic E-state index is 0.0198. The molecule has 1 fully saturated rings. The summed E-state index contributed by atoms with van der Waals surface area (Å²) >= 11 is 12.1. The van der Waals surface area contributed by atoms with E-state index in [1.165, 1.54) is 13.2 Å². The van der Waals surface area contributed by atoms with Gasteiger partial charge in [-0.15, -0.1) is 0 Å². The second-order valence-corrected chi connectivity index (χ2v) is 6.82. The third-order valence-corrected chi connectivity index (χ3v) is 4.72. The van der Waals surface area contributed by atoms with Crippen LogP contribution in [0.4, 0.5) is 4.39 Å². The number of carboxylic acids is 1. The van der Waals surface area contributed by atoms with Crippen molar-refractivity contribution in [3.05, 3.63) is 51.8 Å². The summed E-state index contributed by atoms with van der Waals surface area (Å²) in [6.07, 6.45) is 0.589. The molecule has 0 bridgehead atoms. The first kappa shape index (κ1) is 19.3. The number of benzene rings is 2. The summed E-state index contributed by atoms with van der Waals surface area (Å²) in [5, 5.41) is 11.7.